The highest BCUT2D eigenvalue weighted by Crippen LogP contribution is 2.26. The number of ether oxygens (including phenoxy) is 1. The molecule has 0 radical (unpaired) electrons. The van der Waals surface area contributed by atoms with E-state index in [1.807, 2.05) is 0 Å². The smallest absolute Gasteiger partial charge is 0.201 e. The molecule has 0 saturated carbocycles. The number of rotatable bonds is 5. The summed E-state index contributed by atoms with van der Waals surface area (Å²) in [6.45, 7) is 3.52. The average Bonchev–Trinajstić information content (AvgIpc) is 3.26. The Hall–Kier alpha value is -2.21. The molecule has 1 N–H and O–H groups in total. The summed E-state index contributed by atoms with van der Waals surface area (Å²) in [6.07, 6.45) is 6.90. The van der Waals surface area contributed by atoms with Gasteiger partial charge in [0.05, 0.1) is 0 Å². The number of nitrogens with one attached hydrogen (secondary N) is 1. The van der Waals surface area contributed by atoms with E-state index >= 15 is 0 Å². The number of aryl methyl sites for hydroxylation is 2. The van der Waals surface area contributed by atoms with Crippen LogP contribution in [0.3, 0.4) is 0 Å². The van der Waals surface area contributed by atoms with Gasteiger partial charge in [0, 0.05) is 25.2 Å². The third kappa shape index (κ3) is 3.27. The molecule has 0 atom stereocenters. The van der Waals surface area contributed by atoms with Gasteiger partial charge in [-0.3, -0.25) is 4.90 Å². The van der Waals surface area contributed by atoms with E-state index in [9.17, 15) is 0 Å². The first-order valence-electron chi connectivity index (χ1n) is 8.28. The summed E-state index contributed by atoms with van der Waals surface area (Å²) >= 11 is 0. The van der Waals surface area contributed by atoms with Crippen molar-refractivity contribution in [1.82, 2.24) is 25.5 Å². The fourth-order valence-corrected chi connectivity index (χ4v) is 3.39. The highest BCUT2D eigenvalue weighted by molar-refractivity contribution is 5.61. The van der Waals surface area contributed by atoms with Crippen LogP contribution in [0.5, 0.6) is 5.75 Å². The number of aromatic nitrogens is 4. The summed E-state index contributed by atoms with van der Waals surface area (Å²) in [4.78, 5) is 2.37. The van der Waals surface area contributed by atoms with Gasteiger partial charge < -0.3 is 4.74 Å². The first-order chi connectivity index (χ1) is 11.4. The minimum atomic E-state index is 0.703. The van der Waals surface area contributed by atoms with E-state index < -0.39 is 0 Å². The maximum atomic E-state index is 5.95. The van der Waals surface area contributed by atoms with E-state index in [4.69, 9.17) is 4.74 Å². The zero-order chi connectivity index (χ0) is 15.5. The lowest BCUT2D eigenvalue weighted by Gasteiger charge is -2.26. The highest BCUT2D eigenvalue weighted by atomic mass is 16.5. The van der Waals surface area contributed by atoms with Crippen molar-refractivity contribution in [1.29, 1.82) is 0 Å². The lowest BCUT2D eigenvalue weighted by Crippen LogP contribution is -2.33. The Morgan fingerprint density at radius 3 is 3.09 bits per heavy atom. The van der Waals surface area contributed by atoms with Crippen molar-refractivity contribution in [3.8, 4) is 5.75 Å². The Balaban J connectivity index is 1.29. The van der Waals surface area contributed by atoms with Crippen LogP contribution in [0, 0.1) is 0 Å². The topological polar surface area (TPSA) is 66.9 Å². The van der Waals surface area contributed by atoms with Gasteiger partial charge in [-0.1, -0.05) is 12.1 Å². The van der Waals surface area contributed by atoms with Gasteiger partial charge >= 0.3 is 0 Å². The van der Waals surface area contributed by atoms with Gasteiger partial charge in [0.25, 0.3) is 0 Å². The maximum absolute atomic E-state index is 5.95. The molecule has 0 unspecified atom stereocenters. The van der Waals surface area contributed by atoms with Crippen LogP contribution < -0.4 is 4.74 Å². The fraction of sp³-hybridized carbons (Fsp3) is 0.471. The summed E-state index contributed by atoms with van der Waals surface area (Å²) in [7, 11) is 0. The quantitative estimate of drug-likeness (QED) is 0.913. The number of nitrogens with zero attached hydrogens (tertiary/aromatic N) is 4. The molecule has 6 nitrogen and oxygen atoms in total. The van der Waals surface area contributed by atoms with Crippen LogP contribution in [-0.4, -0.2) is 51.8 Å². The van der Waals surface area contributed by atoms with Crippen LogP contribution in [0.15, 0.2) is 24.3 Å². The Bertz CT molecular complexity index is 695. The lowest BCUT2D eigenvalue weighted by atomic mass is 10.1. The molecule has 0 amide bonds. The van der Waals surface area contributed by atoms with E-state index in [0.29, 0.717) is 12.4 Å². The molecule has 6 heteroatoms. The van der Waals surface area contributed by atoms with Crippen LogP contribution in [0.25, 0.3) is 5.57 Å². The molecule has 2 aliphatic rings. The predicted molar refractivity (Wildman–Crippen MR) is 87.2 cm³/mol. The highest BCUT2D eigenvalue weighted by Gasteiger charge is 2.17. The summed E-state index contributed by atoms with van der Waals surface area (Å²) < 4.78 is 5.95. The van der Waals surface area contributed by atoms with Gasteiger partial charge in [-0.25, -0.2) is 0 Å². The molecule has 23 heavy (non-hydrogen) atoms. The summed E-state index contributed by atoms with van der Waals surface area (Å²) in [5.41, 5.74) is 4.09. The second-order valence-corrected chi connectivity index (χ2v) is 6.16. The third-order valence-corrected chi connectivity index (χ3v) is 4.61. The molecule has 120 valence electrons. The minimum absolute atomic E-state index is 0.703. The Morgan fingerprint density at radius 2 is 2.17 bits per heavy atom. The van der Waals surface area contributed by atoms with Gasteiger partial charge in [-0.05, 0) is 54.2 Å². The van der Waals surface area contributed by atoms with Crippen molar-refractivity contribution in [3.63, 3.8) is 0 Å². The van der Waals surface area contributed by atoms with Gasteiger partial charge in [0.1, 0.15) is 12.4 Å². The normalized spacial score (nSPS) is 17.8. The van der Waals surface area contributed by atoms with E-state index in [1.165, 1.54) is 30.4 Å². The molecular formula is C17H21N5O. The summed E-state index contributed by atoms with van der Waals surface area (Å²) in [6, 6.07) is 6.53. The first-order valence-corrected chi connectivity index (χ1v) is 8.28. The molecular weight excluding hydrogens is 290 g/mol. The zero-order valence-electron chi connectivity index (χ0n) is 13.2. The molecule has 0 saturated heterocycles. The second-order valence-electron chi connectivity index (χ2n) is 6.16. The molecule has 2 heterocycles. The van der Waals surface area contributed by atoms with Crippen LogP contribution in [0.4, 0.5) is 0 Å². The largest absolute Gasteiger partial charge is 0.492 e. The van der Waals surface area contributed by atoms with Crippen molar-refractivity contribution in [3.05, 3.63) is 41.2 Å². The maximum Gasteiger partial charge on any atom is 0.201 e. The van der Waals surface area contributed by atoms with Crippen molar-refractivity contribution < 1.29 is 4.74 Å². The molecule has 2 aromatic rings. The number of H-pyrrole nitrogens is 1. The minimum Gasteiger partial charge on any atom is -0.492 e. The molecule has 0 spiro atoms. The predicted octanol–water partition coefficient (Wildman–Crippen LogP) is 1.86. The number of hydrogen-bond acceptors (Lipinski definition) is 5. The molecule has 4 rings (SSSR count). The average molecular weight is 311 g/mol. The third-order valence-electron chi connectivity index (χ3n) is 4.61. The second kappa shape index (κ2) is 6.50. The molecule has 0 fully saturated rings. The van der Waals surface area contributed by atoms with Crippen molar-refractivity contribution in [2.45, 2.75) is 25.7 Å². The number of aromatic amines is 1. The van der Waals surface area contributed by atoms with Crippen LogP contribution >= 0.6 is 0 Å². The molecule has 1 aliphatic heterocycles. The van der Waals surface area contributed by atoms with Gasteiger partial charge in [0.2, 0.25) is 5.82 Å². The Morgan fingerprint density at radius 1 is 1.22 bits per heavy atom. The molecule has 1 aromatic heterocycles. The number of fused-ring (bicyclic) bond motifs is 1. The van der Waals surface area contributed by atoms with E-state index in [-0.39, 0.29) is 0 Å². The molecule has 1 aromatic carbocycles. The van der Waals surface area contributed by atoms with E-state index in [0.717, 1.165) is 37.4 Å². The lowest BCUT2D eigenvalue weighted by molar-refractivity contribution is 0.223. The van der Waals surface area contributed by atoms with Crippen molar-refractivity contribution in [2.75, 3.05) is 26.2 Å². The van der Waals surface area contributed by atoms with E-state index in [1.54, 1.807) is 0 Å². The summed E-state index contributed by atoms with van der Waals surface area (Å²) in [5.74, 6) is 1.70. The molecule has 0 bridgehead atoms. The standard InChI is InChI=1S/C17H21N5O/c1-3-13-6-7-16(11-14(13)4-1)23-10-9-22-8-2-5-15(12-22)17-18-20-21-19-17/h5-7,11H,1-4,8-10,12H2,(H,18,19,20,21). The van der Waals surface area contributed by atoms with Crippen LogP contribution in [0.2, 0.25) is 0 Å². The number of hydrogen-bond donors (Lipinski definition) is 1. The van der Waals surface area contributed by atoms with Crippen LogP contribution in [0.1, 0.15) is 29.8 Å². The van der Waals surface area contributed by atoms with Crippen LogP contribution in [-0.2, 0) is 12.8 Å². The SMILES string of the molecule is C1=C(c2nn[nH]n2)CN(CCOc2ccc3c(c2)CCC3)CC1. The van der Waals surface area contributed by atoms with Gasteiger partial charge in [-0.2, -0.15) is 5.21 Å². The Labute approximate surface area is 135 Å². The monoisotopic (exact) mass is 311 g/mol. The fourth-order valence-electron chi connectivity index (χ4n) is 3.39. The van der Waals surface area contributed by atoms with Crippen molar-refractivity contribution in [2.24, 2.45) is 0 Å². The van der Waals surface area contributed by atoms with Gasteiger partial charge in [-0.15, -0.1) is 10.2 Å². The van der Waals surface area contributed by atoms with Crippen molar-refractivity contribution >= 4 is 5.57 Å². The zero-order valence-corrected chi connectivity index (χ0v) is 13.2. The first kappa shape index (κ1) is 14.4. The Kier molecular flexibility index (Phi) is 4.06. The summed E-state index contributed by atoms with van der Waals surface area (Å²) in [5, 5.41) is 14.3. The molecule has 1 aliphatic carbocycles. The van der Waals surface area contributed by atoms with Gasteiger partial charge in [0.15, 0.2) is 0 Å². The van der Waals surface area contributed by atoms with E-state index in [2.05, 4.69) is 49.8 Å². The number of benzene rings is 1. The number of tetrazole rings is 1.